The van der Waals surface area contributed by atoms with Crippen LogP contribution in [-0.2, 0) is 0 Å². The van der Waals surface area contributed by atoms with Crippen LogP contribution in [0, 0.1) is 23.5 Å². The number of hydrazone groups is 1. The van der Waals surface area contributed by atoms with Crippen molar-refractivity contribution in [3.05, 3.63) is 59.4 Å². The Bertz CT molecular complexity index is 645. The van der Waals surface area contributed by atoms with Crippen LogP contribution >= 0.6 is 0 Å². The topological polar surface area (TPSA) is 37.3 Å². The van der Waals surface area contributed by atoms with E-state index in [0.717, 1.165) is 5.56 Å². The molecule has 1 N–H and O–H groups in total. The average Bonchev–Trinajstić information content (AvgIpc) is 2.50. The summed E-state index contributed by atoms with van der Waals surface area (Å²) in [5.41, 5.74) is 2.22. The van der Waals surface area contributed by atoms with Crippen LogP contribution in [0.15, 0.2) is 35.4 Å². The van der Waals surface area contributed by atoms with E-state index in [1.54, 1.807) is 37.3 Å². The molecule has 7 heteroatoms. The summed E-state index contributed by atoms with van der Waals surface area (Å²) in [5.74, 6) is -6.71. The molecule has 110 valence electrons. The lowest BCUT2D eigenvalue weighted by molar-refractivity contribution is 0.411. The molecule has 0 unspecified atom stereocenters. The number of nitrogens with one attached hydrogen (secondary N) is 1. The van der Waals surface area contributed by atoms with Crippen molar-refractivity contribution >= 4 is 11.4 Å². The van der Waals surface area contributed by atoms with Crippen molar-refractivity contribution in [1.82, 2.24) is 4.98 Å². The first-order chi connectivity index (χ1) is 10.0. The fourth-order valence-electron chi connectivity index (χ4n) is 1.69. The molecule has 0 aliphatic rings. The standard InChI is InChI=1S/C14H11F4N3/c1-2-9(8-6-4-3-5-7-8)20-21-12-10(15)13(17)19-14(18)11(12)16/h3-7H,2H2,1H3,(H,19,21)/b20-9-. The summed E-state index contributed by atoms with van der Waals surface area (Å²) in [6, 6.07) is 8.85. The number of nitrogens with zero attached hydrogens (tertiary/aromatic N) is 2. The van der Waals surface area contributed by atoms with Crippen molar-refractivity contribution in [2.75, 3.05) is 5.43 Å². The van der Waals surface area contributed by atoms with Gasteiger partial charge in [-0.05, 0) is 12.0 Å². The molecular formula is C14H11F4N3. The minimum atomic E-state index is -1.73. The van der Waals surface area contributed by atoms with Gasteiger partial charge >= 0.3 is 0 Å². The molecular weight excluding hydrogens is 286 g/mol. The summed E-state index contributed by atoms with van der Waals surface area (Å²) >= 11 is 0. The van der Waals surface area contributed by atoms with Crippen LogP contribution < -0.4 is 5.43 Å². The minimum Gasteiger partial charge on any atom is -0.272 e. The van der Waals surface area contributed by atoms with Gasteiger partial charge in [-0.15, -0.1) is 0 Å². The molecule has 2 rings (SSSR count). The zero-order chi connectivity index (χ0) is 15.4. The predicted octanol–water partition coefficient (Wildman–Crippen LogP) is 3.86. The number of pyridine rings is 1. The van der Waals surface area contributed by atoms with E-state index in [2.05, 4.69) is 10.1 Å². The molecule has 0 spiro atoms. The van der Waals surface area contributed by atoms with Crippen LogP contribution in [0.5, 0.6) is 0 Å². The second-order valence-corrected chi connectivity index (χ2v) is 4.09. The van der Waals surface area contributed by atoms with Crippen molar-refractivity contribution in [3.8, 4) is 0 Å². The van der Waals surface area contributed by atoms with Gasteiger partial charge in [0.1, 0.15) is 5.69 Å². The molecule has 0 saturated carbocycles. The Kier molecular flexibility index (Phi) is 4.52. The Morgan fingerprint density at radius 2 is 1.62 bits per heavy atom. The Morgan fingerprint density at radius 1 is 1.05 bits per heavy atom. The summed E-state index contributed by atoms with van der Waals surface area (Å²) < 4.78 is 52.8. The molecule has 0 amide bonds. The quantitative estimate of drug-likeness (QED) is 0.402. The normalized spacial score (nSPS) is 11.6. The number of rotatable bonds is 4. The second-order valence-electron chi connectivity index (χ2n) is 4.09. The van der Waals surface area contributed by atoms with Crippen LogP contribution in [0.25, 0.3) is 0 Å². The van der Waals surface area contributed by atoms with Gasteiger partial charge in [0.2, 0.25) is 11.6 Å². The van der Waals surface area contributed by atoms with Crippen molar-refractivity contribution in [3.63, 3.8) is 0 Å². The van der Waals surface area contributed by atoms with E-state index in [1.165, 1.54) is 0 Å². The maximum absolute atomic E-state index is 13.4. The monoisotopic (exact) mass is 297 g/mol. The minimum absolute atomic E-state index is 0.455. The summed E-state index contributed by atoms with van der Waals surface area (Å²) in [6.07, 6.45) is 0.455. The summed E-state index contributed by atoms with van der Waals surface area (Å²) in [5, 5.41) is 3.81. The highest BCUT2D eigenvalue weighted by atomic mass is 19.2. The summed E-state index contributed by atoms with van der Waals surface area (Å²) in [4.78, 5) is 2.47. The maximum atomic E-state index is 13.4. The van der Waals surface area contributed by atoms with Crippen LogP contribution in [0.3, 0.4) is 0 Å². The third kappa shape index (κ3) is 3.18. The molecule has 0 aliphatic carbocycles. The number of aromatic nitrogens is 1. The molecule has 0 bridgehead atoms. The SMILES string of the molecule is CC/C(=N/Nc1c(F)c(F)nc(F)c1F)c1ccccc1. The number of anilines is 1. The molecule has 1 aromatic carbocycles. The highest BCUT2D eigenvalue weighted by Crippen LogP contribution is 2.22. The third-order valence-electron chi connectivity index (χ3n) is 2.74. The van der Waals surface area contributed by atoms with Crippen molar-refractivity contribution < 1.29 is 17.6 Å². The first-order valence-electron chi connectivity index (χ1n) is 6.12. The molecule has 1 heterocycles. The van der Waals surface area contributed by atoms with Crippen LogP contribution in [0.4, 0.5) is 23.2 Å². The zero-order valence-electron chi connectivity index (χ0n) is 11.0. The van der Waals surface area contributed by atoms with E-state index in [4.69, 9.17) is 0 Å². The Morgan fingerprint density at radius 3 is 2.14 bits per heavy atom. The highest BCUT2D eigenvalue weighted by molar-refractivity contribution is 6.00. The van der Waals surface area contributed by atoms with Gasteiger partial charge in [0.15, 0.2) is 0 Å². The van der Waals surface area contributed by atoms with Gasteiger partial charge in [-0.25, -0.2) is 0 Å². The van der Waals surface area contributed by atoms with Gasteiger partial charge in [0, 0.05) is 0 Å². The van der Waals surface area contributed by atoms with E-state index >= 15 is 0 Å². The fraction of sp³-hybridized carbons (Fsp3) is 0.143. The Labute approximate surface area is 118 Å². The number of benzene rings is 1. The first-order valence-corrected chi connectivity index (χ1v) is 6.12. The predicted molar refractivity (Wildman–Crippen MR) is 71.0 cm³/mol. The van der Waals surface area contributed by atoms with E-state index in [9.17, 15) is 17.6 Å². The van der Waals surface area contributed by atoms with Crippen LogP contribution in [-0.4, -0.2) is 10.7 Å². The van der Waals surface area contributed by atoms with Crippen molar-refractivity contribution in [2.45, 2.75) is 13.3 Å². The number of halogens is 4. The lowest BCUT2D eigenvalue weighted by Gasteiger charge is -2.08. The van der Waals surface area contributed by atoms with Gasteiger partial charge in [-0.3, -0.25) is 5.43 Å². The van der Waals surface area contributed by atoms with Crippen LogP contribution in [0.2, 0.25) is 0 Å². The number of hydrogen-bond acceptors (Lipinski definition) is 3. The Hall–Kier alpha value is -2.44. The maximum Gasteiger partial charge on any atom is 0.254 e. The van der Waals surface area contributed by atoms with E-state index < -0.39 is 29.2 Å². The van der Waals surface area contributed by atoms with E-state index in [1.807, 2.05) is 5.43 Å². The molecule has 0 saturated heterocycles. The average molecular weight is 297 g/mol. The van der Waals surface area contributed by atoms with E-state index in [-0.39, 0.29) is 0 Å². The first kappa shape index (κ1) is 15.0. The largest absolute Gasteiger partial charge is 0.272 e. The number of hydrogen-bond donors (Lipinski definition) is 1. The molecule has 0 radical (unpaired) electrons. The summed E-state index contributed by atoms with van der Waals surface area (Å²) in [7, 11) is 0. The van der Waals surface area contributed by atoms with Gasteiger partial charge < -0.3 is 0 Å². The van der Waals surface area contributed by atoms with Crippen LogP contribution in [0.1, 0.15) is 18.9 Å². The van der Waals surface area contributed by atoms with Gasteiger partial charge in [-0.1, -0.05) is 37.3 Å². The van der Waals surface area contributed by atoms with Crippen molar-refractivity contribution in [1.29, 1.82) is 0 Å². The molecule has 1 aromatic heterocycles. The highest BCUT2D eigenvalue weighted by Gasteiger charge is 2.20. The lowest BCUT2D eigenvalue weighted by Crippen LogP contribution is -2.08. The fourth-order valence-corrected chi connectivity index (χ4v) is 1.69. The molecule has 0 atom stereocenters. The van der Waals surface area contributed by atoms with Gasteiger partial charge in [0.25, 0.3) is 11.9 Å². The van der Waals surface area contributed by atoms with E-state index in [0.29, 0.717) is 12.1 Å². The molecule has 21 heavy (non-hydrogen) atoms. The van der Waals surface area contributed by atoms with Gasteiger partial charge in [-0.2, -0.15) is 27.6 Å². The smallest absolute Gasteiger partial charge is 0.254 e. The Balaban J connectivity index is 2.36. The van der Waals surface area contributed by atoms with Crippen molar-refractivity contribution in [2.24, 2.45) is 5.10 Å². The molecule has 3 nitrogen and oxygen atoms in total. The van der Waals surface area contributed by atoms with Gasteiger partial charge in [0.05, 0.1) is 5.71 Å². The third-order valence-corrected chi connectivity index (χ3v) is 2.74. The molecule has 0 aliphatic heterocycles. The molecule has 2 aromatic rings. The molecule has 0 fully saturated rings. The summed E-state index contributed by atoms with van der Waals surface area (Å²) in [6.45, 7) is 1.79. The second kappa shape index (κ2) is 6.34. The lowest BCUT2D eigenvalue weighted by atomic mass is 10.1. The zero-order valence-corrected chi connectivity index (χ0v) is 11.0.